The van der Waals surface area contributed by atoms with Gasteiger partial charge in [0.2, 0.25) is 5.91 Å². The number of ether oxygens (including phenoxy) is 2. The number of hydrogen-bond acceptors (Lipinski definition) is 4. The molecule has 0 aliphatic rings. The molecular weight excluding hydrogens is 316 g/mol. The summed E-state index contributed by atoms with van der Waals surface area (Å²) in [7, 11) is 0. The first-order valence-electron chi connectivity index (χ1n) is 8.57. The Labute approximate surface area is 149 Å². The highest BCUT2D eigenvalue weighted by atomic mass is 16.5. The Hall–Kier alpha value is -2.69. The fourth-order valence-corrected chi connectivity index (χ4v) is 2.20. The molecule has 5 nitrogen and oxygen atoms in total. The van der Waals surface area contributed by atoms with Crippen LogP contribution in [0.25, 0.3) is 0 Å². The minimum absolute atomic E-state index is 0.132. The standard InChI is InChI=1S/C20H26N2O3/c1-4-24-19-11-6-5-10-18(19)21-13-20(23)22-16-8-7-9-17(12-16)25-14-15(2)3/h5-12,15,21H,4,13-14H2,1-3H3,(H,22,23). The molecule has 2 aromatic rings. The van der Waals surface area contributed by atoms with Gasteiger partial charge in [-0.05, 0) is 37.1 Å². The van der Waals surface area contributed by atoms with Crippen molar-refractivity contribution in [3.8, 4) is 11.5 Å². The van der Waals surface area contributed by atoms with E-state index in [4.69, 9.17) is 9.47 Å². The number of anilines is 2. The zero-order valence-electron chi connectivity index (χ0n) is 15.0. The van der Waals surface area contributed by atoms with Gasteiger partial charge in [0, 0.05) is 11.8 Å². The molecule has 0 spiro atoms. The molecule has 0 bridgehead atoms. The van der Waals surface area contributed by atoms with Crippen molar-refractivity contribution in [1.29, 1.82) is 0 Å². The summed E-state index contributed by atoms with van der Waals surface area (Å²) in [5.74, 6) is 1.81. The number of carbonyl (C=O) groups is 1. The normalized spacial score (nSPS) is 10.4. The SMILES string of the molecule is CCOc1ccccc1NCC(=O)Nc1cccc(OCC(C)C)c1. The summed E-state index contributed by atoms with van der Waals surface area (Å²) in [5, 5.41) is 5.97. The molecule has 25 heavy (non-hydrogen) atoms. The molecule has 0 saturated heterocycles. The summed E-state index contributed by atoms with van der Waals surface area (Å²) >= 11 is 0. The van der Waals surface area contributed by atoms with Gasteiger partial charge in [-0.3, -0.25) is 4.79 Å². The summed E-state index contributed by atoms with van der Waals surface area (Å²) < 4.78 is 11.2. The fourth-order valence-electron chi connectivity index (χ4n) is 2.20. The average Bonchev–Trinajstić information content (AvgIpc) is 2.60. The van der Waals surface area contributed by atoms with E-state index < -0.39 is 0 Å². The van der Waals surface area contributed by atoms with Crippen molar-refractivity contribution in [2.45, 2.75) is 20.8 Å². The first-order valence-corrected chi connectivity index (χ1v) is 8.57. The second-order valence-corrected chi connectivity index (χ2v) is 6.06. The van der Waals surface area contributed by atoms with Gasteiger partial charge in [-0.1, -0.05) is 32.0 Å². The van der Waals surface area contributed by atoms with E-state index in [1.54, 1.807) is 0 Å². The topological polar surface area (TPSA) is 59.6 Å². The minimum atomic E-state index is -0.132. The van der Waals surface area contributed by atoms with Crippen LogP contribution in [0.2, 0.25) is 0 Å². The predicted octanol–water partition coefficient (Wildman–Crippen LogP) is 4.17. The molecule has 0 aliphatic carbocycles. The van der Waals surface area contributed by atoms with Crippen LogP contribution in [0.3, 0.4) is 0 Å². The second-order valence-electron chi connectivity index (χ2n) is 6.06. The zero-order chi connectivity index (χ0) is 18.1. The van der Waals surface area contributed by atoms with E-state index in [1.165, 1.54) is 0 Å². The van der Waals surface area contributed by atoms with E-state index in [0.717, 1.165) is 17.2 Å². The van der Waals surface area contributed by atoms with Crippen LogP contribution in [-0.4, -0.2) is 25.7 Å². The number of para-hydroxylation sites is 2. The highest BCUT2D eigenvalue weighted by Gasteiger charge is 2.07. The maximum atomic E-state index is 12.2. The van der Waals surface area contributed by atoms with Gasteiger partial charge < -0.3 is 20.1 Å². The Morgan fingerprint density at radius 3 is 2.64 bits per heavy atom. The van der Waals surface area contributed by atoms with Crippen LogP contribution >= 0.6 is 0 Å². The molecule has 0 aliphatic heterocycles. The molecule has 0 aromatic heterocycles. The molecule has 2 aromatic carbocycles. The lowest BCUT2D eigenvalue weighted by atomic mass is 10.2. The Morgan fingerprint density at radius 2 is 1.88 bits per heavy atom. The Morgan fingerprint density at radius 1 is 1.08 bits per heavy atom. The van der Waals surface area contributed by atoms with Crippen LogP contribution in [0.4, 0.5) is 11.4 Å². The van der Waals surface area contributed by atoms with Crippen molar-refractivity contribution < 1.29 is 14.3 Å². The average molecular weight is 342 g/mol. The van der Waals surface area contributed by atoms with Crippen LogP contribution in [0.1, 0.15) is 20.8 Å². The first kappa shape index (κ1) is 18.6. The van der Waals surface area contributed by atoms with Crippen molar-refractivity contribution in [3.05, 3.63) is 48.5 Å². The Bertz CT molecular complexity index is 686. The Kier molecular flexibility index (Phi) is 7.14. The van der Waals surface area contributed by atoms with Gasteiger partial charge >= 0.3 is 0 Å². The van der Waals surface area contributed by atoms with E-state index in [1.807, 2.05) is 55.5 Å². The van der Waals surface area contributed by atoms with Crippen LogP contribution in [0.5, 0.6) is 11.5 Å². The van der Waals surface area contributed by atoms with Crippen LogP contribution in [0.15, 0.2) is 48.5 Å². The molecule has 0 heterocycles. The van der Waals surface area contributed by atoms with E-state index >= 15 is 0 Å². The molecule has 5 heteroatoms. The smallest absolute Gasteiger partial charge is 0.243 e. The molecule has 2 N–H and O–H groups in total. The van der Waals surface area contributed by atoms with Crippen LogP contribution < -0.4 is 20.1 Å². The summed E-state index contributed by atoms with van der Waals surface area (Å²) in [5.41, 5.74) is 1.51. The van der Waals surface area contributed by atoms with Gasteiger partial charge in [0.25, 0.3) is 0 Å². The predicted molar refractivity (Wildman–Crippen MR) is 102 cm³/mol. The fraction of sp³-hybridized carbons (Fsp3) is 0.350. The molecule has 1 amide bonds. The van der Waals surface area contributed by atoms with Gasteiger partial charge in [0.1, 0.15) is 11.5 Å². The minimum Gasteiger partial charge on any atom is -0.493 e. The number of hydrogen-bond donors (Lipinski definition) is 2. The largest absolute Gasteiger partial charge is 0.493 e. The quantitative estimate of drug-likeness (QED) is 0.718. The van der Waals surface area contributed by atoms with Crippen LogP contribution in [-0.2, 0) is 4.79 Å². The number of amides is 1. The van der Waals surface area contributed by atoms with E-state index in [-0.39, 0.29) is 12.5 Å². The van der Waals surface area contributed by atoms with Gasteiger partial charge in [-0.2, -0.15) is 0 Å². The van der Waals surface area contributed by atoms with Crippen LogP contribution in [0, 0.1) is 5.92 Å². The van der Waals surface area contributed by atoms with E-state index in [9.17, 15) is 4.79 Å². The van der Waals surface area contributed by atoms with Gasteiger partial charge in [-0.25, -0.2) is 0 Å². The second kappa shape index (κ2) is 9.57. The zero-order valence-corrected chi connectivity index (χ0v) is 15.0. The van der Waals surface area contributed by atoms with Gasteiger partial charge in [0.05, 0.1) is 25.4 Å². The molecule has 0 saturated carbocycles. The lowest BCUT2D eigenvalue weighted by Crippen LogP contribution is -2.22. The lowest BCUT2D eigenvalue weighted by Gasteiger charge is -2.13. The number of carbonyl (C=O) groups excluding carboxylic acids is 1. The van der Waals surface area contributed by atoms with Gasteiger partial charge in [-0.15, -0.1) is 0 Å². The van der Waals surface area contributed by atoms with E-state index in [0.29, 0.717) is 24.8 Å². The van der Waals surface area contributed by atoms with Crippen molar-refractivity contribution in [2.75, 3.05) is 30.4 Å². The van der Waals surface area contributed by atoms with E-state index in [2.05, 4.69) is 24.5 Å². The maximum absolute atomic E-state index is 12.2. The third-order valence-corrected chi connectivity index (χ3v) is 3.33. The lowest BCUT2D eigenvalue weighted by molar-refractivity contribution is -0.114. The first-order chi connectivity index (χ1) is 12.1. The van der Waals surface area contributed by atoms with Gasteiger partial charge in [0.15, 0.2) is 0 Å². The molecule has 0 atom stereocenters. The Balaban J connectivity index is 1.89. The summed E-state index contributed by atoms with van der Waals surface area (Å²) in [6, 6.07) is 15.0. The monoisotopic (exact) mass is 342 g/mol. The molecule has 2 rings (SSSR count). The van der Waals surface area contributed by atoms with Crippen molar-refractivity contribution in [3.63, 3.8) is 0 Å². The maximum Gasteiger partial charge on any atom is 0.243 e. The third-order valence-electron chi connectivity index (χ3n) is 3.33. The summed E-state index contributed by atoms with van der Waals surface area (Å²) in [6.45, 7) is 7.50. The number of nitrogens with one attached hydrogen (secondary N) is 2. The highest BCUT2D eigenvalue weighted by Crippen LogP contribution is 2.23. The third kappa shape index (κ3) is 6.37. The highest BCUT2D eigenvalue weighted by molar-refractivity contribution is 5.94. The summed E-state index contributed by atoms with van der Waals surface area (Å²) in [6.07, 6.45) is 0. The number of benzene rings is 2. The molecule has 0 unspecified atom stereocenters. The molecule has 134 valence electrons. The summed E-state index contributed by atoms with van der Waals surface area (Å²) in [4.78, 5) is 12.2. The van der Waals surface area contributed by atoms with Crippen molar-refractivity contribution in [1.82, 2.24) is 0 Å². The molecular formula is C20H26N2O3. The van der Waals surface area contributed by atoms with Crippen molar-refractivity contribution >= 4 is 17.3 Å². The van der Waals surface area contributed by atoms with Crippen molar-refractivity contribution in [2.24, 2.45) is 5.92 Å². The number of rotatable bonds is 9. The molecule has 0 radical (unpaired) electrons. The molecule has 0 fully saturated rings.